The van der Waals surface area contributed by atoms with Crippen molar-refractivity contribution in [3.63, 3.8) is 0 Å². The van der Waals surface area contributed by atoms with E-state index >= 15 is 0 Å². The SMILES string of the molecule is CC(C)=CCN(CC(C)(C)NC[C@@H](N)CC(C)C)c1ccc(OCC(C)(C)C)cc1. The molecule has 1 aromatic carbocycles. The molecule has 3 N–H and O–H groups in total. The molecule has 0 aliphatic carbocycles. The Morgan fingerprint density at radius 2 is 1.70 bits per heavy atom. The van der Waals surface area contributed by atoms with Crippen LogP contribution in [0.5, 0.6) is 5.75 Å². The van der Waals surface area contributed by atoms with Crippen LogP contribution in [0.1, 0.15) is 68.7 Å². The fourth-order valence-electron chi connectivity index (χ4n) is 3.24. The minimum absolute atomic E-state index is 0.0501. The molecule has 0 unspecified atom stereocenters. The molecule has 0 saturated heterocycles. The van der Waals surface area contributed by atoms with E-state index < -0.39 is 0 Å². The Morgan fingerprint density at radius 1 is 1.10 bits per heavy atom. The molecule has 0 heterocycles. The van der Waals surface area contributed by atoms with Crippen molar-refractivity contribution in [2.45, 2.75) is 80.3 Å². The van der Waals surface area contributed by atoms with Crippen molar-refractivity contribution < 1.29 is 4.74 Å². The second-order valence-electron chi connectivity index (χ2n) is 11.2. The summed E-state index contributed by atoms with van der Waals surface area (Å²) in [4.78, 5) is 2.42. The van der Waals surface area contributed by atoms with Crippen LogP contribution in [0.4, 0.5) is 5.69 Å². The highest BCUT2D eigenvalue weighted by Gasteiger charge is 2.22. The molecule has 172 valence electrons. The predicted octanol–water partition coefficient (Wildman–Crippen LogP) is 5.63. The molecule has 0 amide bonds. The minimum Gasteiger partial charge on any atom is -0.493 e. The zero-order valence-corrected chi connectivity index (χ0v) is 21.0. The van der Waals surface area contributed by atoms with Gasteiger partial charge >= 0.3 is 0 Å². The van der Waals surface area contributed by atoms with Gasteiger partial charge in [0.15, 0.2) is 0 Å². The summed E-state index contributed by atoms with van der Waals surface area (Å²) < 4.78 is 5.94. The van der Waals surface area contributed by atoms with Crippen LogP contribution in [0, 0.1) is 11.3 Å². The Morgan fingerprint density at radius 3 is 2.20 bits per heavy atom. The van der Waals surface area contributed by atoms with E-state index in [1.165, 1.54) is 11.3 Å². The van der Waals surface area contributed by atoms with Crippen molar-refractivity contribution >= 4 is 5.69 Å². The normalized spacial score (nSPS) is 13.3. The zero-order chi connectivity index (χ0) is 22.9. The number of allylic oxidation sites excluding steroid dienone is 1. The third kappa shape index (κ3) is 11.6. The maximum Gasteiger partial charge on any atom is 0.119 e. The van der Waals surface area contributed by atoms with Crippen LogP contribution in [0.15, 0.2) is 35.9 Å². The van der Waals surface area contributed by atoms with Gasteiger partial charge < -0.3 is 20.7 Å². The number of hydrogen-bond donors (Lipinski definition) is 2. The van der Waals surface area contributed by atoms with Crippen LogP contribution in [0.2, 0.25) is 0 Å². The van der Waals surface area contributed by atoms with Crippen LogP contribution in [0.25, 0.3) is 0 Å². The van der Waals surface area contributed by atoms with Crippen LogP contribution in [0.3, 0.4) is 0 Å². The lowest BCUT2D eigenvalue weighted by atomic mass is 9.99. The summed E-state index contributed by atoms with van der Waals surface area (Å²) in [6.07, 6.45) is 3.32. The highest BCUT2D eigenvalue weighted by atomic mass is 16.5. The van der Waals surface area contributed by atoms with E-state index in [2.05, 4.69) is 103 Å². The molecule has 1 rings (SSSR count). The molecular weight excluding hydrogens is 370 g/mol. The van der Waals surface area contributed by atoms with Crippen molar-refractivity contribution in [3.05, 3.63) is 35.9 Å². The third-order valence-electron chi connectivity index (χ3n) is 4.80. The molecule has 1 atom stereocenters. The van der Waals surface area contributed by atoms with Gasteiger partial charge in [-0.15, -0.1) is 0 Å². The van der Waals surface area contributed by atoms with Crippen LogP contribution in [-0.4, -0.2) is 37.8 Å². The smallest absolute Gasteiger partial charge is 0.119 e. The van der Waals surface area contributed by atoms with Crippen molar-refractivity contribution in [1.82, 2.24) is 5.32 Å². The second-order valence-corrected chi connectivity index (χ2v) is 11.2. The van der Waals surface area contributed by atoms with Gasteiger partial charge in [-0.3, -0.25) is 0 Å². The van der Waals surface area contributed by atoms with Crippen LogP contribution in [-0.2, 0) is 0 Å². The van der Waals surface area contributed by atoms with Gasteiger partial charge in [0.25, 0.3) is 0 Å². The molecule has 0 saturated carbocycles. The molecule has 30 heavy (non-hydrogen) atoms. The predicted molar refractivity (Wildman–Crippen MR) is 133 cm³/mol. The fraction of sp³-hybridized carbons (Fsp3) is 0.692. The highest BCUT2D eigenvalue weighted by Crippen LogP contribution is 2.23. The summed E-state index contributed by atoms with van der Waals surface area (Å²) in [7, 11) is 0. The minimum atomic E-state index is -0.0501. The molecule has 0 aliphatic rings. The van der Waals surface area contributed by atoms with Gasteiger partial charge in [0, 0.05) is 36.9 Å². The van der Waals surface area contributed by atoms with E-state index in [9.17, 15) is 0 Å². The molecule has 4 nitrogen and oxygen atoms in total. The van der Waals surface area contributed by atoms with Gasteiger partial charge in [-0.05, 0) is 69.7 Å². The van der Waals surface area contributed by atoms with Crippen molar-refractivity contribution in [1.29, 1.82) is 0 Å². The van der Waals surface area contributed by atoms with Gasteiger partial charge in [-0.25, -0.2) is 0 Å². The van der Waals surface area contributed by atoms with Gasteiger partial charge in [-0.2, -0.15) is 0 Å². The lowest BCUT2D eigenvalue weighted by Gasteiger charge is -2.35. The second kappa shape index (κ2) is 11.8. The lowest BCUT2D eigenvalue weighted by Crippen LogP contribution is -2.52. The van der Waals surface area contributed by atoms with E-state index in [1.54, 1.807) is 0 Å². The van der Waals surface area contributed by atoms with Gasteiger partial charge in [0.1, 0.15) is 5.75 Å². The summed E-state index contributed by atoms with van der Waals surface area (Å²) in [5.74, 6) is 1.55. The quantitative estimate of drug-likeness (QED) is 0.433. The third-order valence-corrected chi connectivity index (χ3v) is 4.80. The number of hydrogen-bond acceptors (Lipinski definition) is 4. The highest BCUT2D eigenvalue weighted by molar-refractivity contribution is 5.50. The number of nitrogens with zero attached hydrogens (tertiary/aromatic N) is 1. The van der Waals surface area contributed by atoms with Crippen LogP contribution >= 0.6 is 0 Å². The summed E-state index contributed by atoms with van der Waals surface area (Å²) in [6.45, 7) is 23.1. The summed E-state index contributed by atoms with van der Waals surface area (Å²) in [5.41, 5.74) is 8.94. The maximum atomic E-state index is 6.30. The first-order chi connectivity index (χ1) is 13.8. The Balaban J connectivity index is 2.84. The van der Waals surface area contributed by atoms with Crippen LogP contribution < -0.4 is 20.7 Å². The number of benzene rings is 1. The Hall–Kier alpha value is -1.52. The van der Waals surface area contributed by atoms with E-state index in [1.807, 2.05) is 0 Å². The van der Waals surface area contributed by atoms with Crippen molar-refractivity contribution in [2.75, 3.05) is 31.1 Å². The molecular formula is C26H47N3O. The number of nitrogens with two attached hydrogens (primary N) is 1. The summed E-state index contributed by atoms with van der Waals surface area (Å²) in [6, 6.07) is 8.68. The van der Waals surface area contributed by atoms with Crippen molar-refractivity contribution in [2.24, 2.45) is 17.1 Å². The first kappa shape index (κ1) is 26.5. The van der Waals surface area contributed by atoms with Gasteiger partial charge in [-0.1, -0.05) is 46.3 Å². The largest absolute Gasteiger partial charge is 0.493 e. The van der Waals surface area contributed by atoms with E-state index in [-0.39, 0.29) is 17.0 Å². The molecule has 0 spiro atoms. The Labute approximate surface area is 186 Å². The van der Waals surface area contributed by atoms with Crippen molar-refractivity contribution in [3.8, 4) is 5.75 Å². The molecule has 1 aromatic rings. The maximum absolute atomic E-state index is 6.30. The molecule has 4 heteroatoms. The molecule has 0 radical (unpaired) electrons. The first-order valence-electron chi connectivity index (χ1n) is 11.4. The fourth-order valence-corrected chi connectivity index (χ4v) is 3.24. The molecule has 0 aromatic heterocycles. The van der Waals surface area contributed by atoms with Gasteiger partial charge in [0.2, 0.25) is 0 Å². The average molecular weight is 418 g/mol. The zero-order valence-electron chi connectivity index (χ0n) is 21.0. The monoisotopic (exact) mass is 417 g/mol. The van der Waals surface area contributed by atoms with E-state index in [0.717, 1.165) is 31.8 Å². The number of ether oxygens (including phenoxy) is 1. The number of anilines is 1. The first-order valence-corrected chi connectivity index (χ1v) is 11.4. The summed E-state index contributed by atoms with van der Waals surface area (Å²) >= 11 is 0. The Kier molecular flexibility index (Phi) is 10.4. The van der Waals surface area contributed by atoms with Gasteiger partial charge in [0.05, 0.1) is 6.61 Å². The summed E-state index contributed by atoms with van der Waals surface area (Å²) in [5, 5.41) is 3.69. The molecule has 0 aliphatic heterocycles. The molecule has 0 fully saturated rings. The topological polar surface area (TPSA) is 50.5 Å². The molecule has 0 bridgehead atoms. The van der Waals surface area contributed by atoms with E-state index in [4.69, 9.17) is 10.5 Å². The average Bonchev–Trinajstić information content (AvgIpc) is 2.61. The lowest BCUT2D eigenvalue weighted by molar-refractivity contribution is 0.198. The number of rotatable bonds is 12. The number of nitrogens with one attached hydrogen (secondary N) is 1. The Bertz CT molecular complexity index is 637. The van der Waals surface area contributed by atoms with E-state index in [0.29, 0.717) is 12.5 Å². The standard InChI is InChI=1S/C26H47N3O/c1-20(2)14-15-29(18-26(8,9)28-17-22(27)16-21(3)4)23-10-12-24(13-11-23)30-19-25(5,6)7/h10-14,21-22,28H,15-19,27H2,1-9H3/t22-/m0/s1.